The first-order valence-corrected chi connectivity index (χ1v) is 8.24. The summed E-state index contributed by atoms with van der Waals surface area (Å²) in [6.45, 7) is 2.95. The number of amides is 1. The lowest BCUT2D eigenvalue weighted by Gasteiger charge is -2.36. The largest absolute Gasteiger partial charge is 0.491 e. The first-order valence-electron chi connectivity index (χ1n) is 8.24. The second-order valence-electron chi connectivity index (χ2n) is 6.39. The van der Waals surface area contributed by atoms with Gasteiger partial charge in [0.2, 0.25) is 0 Å². The zero-order valence-electron chi connectivity index (χ0n) is 14.2. The van der Waals surface area contributed by atoms with E-state index in [2.05, 4.69) is 12.2 Å². The molecule has 0 unspecified atom stereocenters. The predicted octanol–water partition coefficient (Wildman–Crippen LogP) is 2.48. The number of hydrogen-bond acceptors (Lipinski definition) is 4. The zero-order valence-corrected chi connectivity index (χ0v) is 14.2. The van der Waals surface area contributed by atoms with Gasteiger partial charge in [-0.25, -0.2) is 4.79 Å². The number of rotatable bonds is 7. The average molecular weight is 335 g/mol. The van der Waals surface area contributed by atoms with E-state index in [0.29, 0.717) is 43.3 Å². The first-order chi connectivity index (χ1) is 11.5. The summed E-state index contributed by atoms with van der Waals surface area (Å²) < 4.78 is 10.4. The van der Waals surface area contributed by atoms with Crippen LogP contribution in [0.5, 0.6) is 5.75 Å². The van der Waals surface area contributed by atoms with Gasteiger partial charge >= 0.3 is 5.97 Å². The average Bonchev–Trinajstić information content (AvgIpc) is 2.57. The van der Waals surface area contributed by atoms with Gasteiger partial charge in [-0.3, -0.25) is 4.79 Å². The fourth-order valence-electron chi connectivity index (χ4n) is 2.91. The van der Waals surface area contributed by atoms with E-state index >= 15 is 0 Å². The van der Waals surface area contributed by atoms with Crippen molar-refractivity contribution in [3.63, 3.8) is 0 Å². The van der Waals surface area contributed by atoms with Crippen molar-refractivity contribution in [1.82, 2.24) is 5.32 Å². The van der Waals surface area contributed by atoms with Crippen LogP contribution in [0.15, 0.2) is 24.3 Å². The number of carboxylic acid groups (broad SMARTS) is 1. The monoisotopic (exact) mass is 335 g/mol. The topological polar surface area (TPSA) is 84.9 Å². The van der Waals surface area contributed by atoms with Crippen LogP contribution in [0.4, 0.5) is 0 Å². The van der Waals surface area contributed by atoms with Crippen LogP contribution in [-0.2, 0) is 9.53 Å². The van der Waals surface area contributed by atoms with Gasteiger partial charge in [-0.15, -0.1) is 0 Å². The highest BCUT2D eigenvalue weighted by atomic mass is 16.5. The van der Waals surface area contributed by atoms with E-state index in [1.54, 1.807) is 31.4 Å². The molecule has 0 aliphatic heterocycles. The van der Waals surface area contributed by atoms with Crippen molar-refractivity contribution in [2.45, 2.75) is 38.1 Å². The maximum absolute atomic E-state index is 12.5. The Hall–Kier alpha value is -2.08. The molecule has 0 heterocycles. The molecular formula is C18H25NO5. The first kappa shape index (κ1) is 18.3. The van der Waals surface area contributed by atoms with Crippen molar-refractivity contribution in [3.05, 3.63) is 29.8 Å². The van der Waals surface area contributed by atoms with Crippen LogP contribution in [0.25, 0.3) is 0 Å². The molecule has 6 nitrogen and oxygen atoms in total. The molecule has 1 aromatic carbocycles. The Balaban J connectivity index is 2.07. The van der Waals surface area contributed by atoms with Gasteiger partial charge in [-0.2, -0.15) is 0 Å². The van der Waals surface area contributed by atoms with Crippen LogP contribution in [0.3, 0.4) is 0 Å². The second kappa shape index (κ2) is 8.15. The van der Waals surface area contributed by atoms with Gasteiger partial charge in [0.05, 0.1) is 6.61 Å². The van der Waals surface area contributed by atoms with E-state index in [1.807, 2.05) is 0 Å². The molecule has 2 rings (SSSR count). The van der Waals surface area contributed by atoms with Gasteiger partial charge in [0, 0.05) is 12.7 Å². The lowest BCUT2D eigenvalue weighted by molar-refractivity contribution is -0.146. The lowest BCUT2D eigenvalue weighted by Crippen LogP contribution is -2.56. The summed E-state index contributed by atoms with van der Waals surface area (Å²) in [6.07, 6.45) is 2.51. The van der Waals surface area contributed by atoms with Gasteiger partial charge in [0.15, 0.2) is 0 Å². The third-order valence-electron chi connectivity index (χ3n) is 4.54. The number of aliphatic carboxylic acids is 1. The van der Waals surface area contributed by atoms with E-state index in [1.165, 1.54) is 0 Å². The highest BCUT2D eigenvalue weighted by Gasteiger charge is 2.42. The Kier molecular flexibility index (Phi) is 6.20. The minimum absolute atomic E-state index is 0.385. The molecule has 0 radical (unpaired) electrons. The predicted molar refractivity (Wildman–Crippen MR) is 89.3 cm³/mol. The third-order valence-corrected chi connectivity index (χ3v) is 4.54. The number of carbonyl (C=O) groups excluding carboxylic acids is 1. The Morgan fingerprint density at radius 1 is 1.29 bits per heavy atom. The van der Waals surface area contributed by atoms with Crippen LogP contribution in [-0.4, -0.2) is 42.8 Å². The normalized spacial score (nSPS) is 23.5. The van der Waals surface area contributed by atoms with E-state index in [-0.39, 0.29) is 5.91 Å². The fraction of sp³-hybridized carbons (Fsp3) is 0.556. The molecule has 132 valence electrons. The second-order valence-corrected chi connectivity index (χ2v) is 6.39. The minimum Gasteiger partial charge on any atom is -0.491 e. The molecule has 24 heavy (non-hydrogen) atoms. The SMILES string of the molecule is COCCOc1cccc(C(=O)NC2(C(=O)O)CCC(C)CC2)c1. The molecule has 0 saturated heterocycles. The highest BCUT2D eigenvalue weighted by Crippen LogP contribution is 2.32. The molecule has 1 fully saturated rings. The maximum Gasteiger partial charge on any atom is 0.329 e. The molecule has 6 heteroatoms. The van der Waals surface area contributed by atoms with E-state index in [4.69, 9.17) is 9.47 Å². The van der Waals surface area contributed by atoms with Gasteiger partial charge < -0.3 is 19.9 Å². The number of methoxy groups -OCH3 is 1. The van der Waals surface area contributed by atoms with E-state index in [0.717, 1.165) is 12.8 Å². The lowest BCUT2D eigenvalue weighted by atomic mass is 9.77. The van der Waals surface area contributed by atoms with Crippen LogP contribution < -0.4 is 10.1 Å². The summed E-state index contributed by atoms with van der Waals surface area (Å²) in [5.41, 5.74) is -0.777. The molecule has 1 amide bonds. The molecule has 0 spiro atoms. The fourth-order valence-corrected chi connectivity index (χ4v) is 2.91. The highest BCUT2D eigenvalue weighted by molar-refractivity contribution is 5.98. The standard InChI is InChI=1S/C18H25NO5/c1-13-6-8-18(9-7-13,17(21)22)19-16(20)14-4-3-5-15(12-14)24-11-10-23-2/h3-5,12-13H,6-11H2,1-2H3,(H,19,20)(H,21,22). The van der Waals surface area contributed by atoms with Crippen LogP contribution in [0.2, 0.25) is 0 Å². The number of hydrogen-bond donors (Lipinski definition) is 2. The van der Waals surface area contributed by atoms with Crippen molar-refractivity contribution >= 4 is 11.9 Å². The minimum atomic E-state index is -1.17. The van der Waals surface area contributed by atoms with Crippen molar-refractivity contribution < 1.29 is 24.2 Å². The van der Waals surface area contributed by atoms with Gasteiger partial charge in [0.1, 0.15) is 17.9 Å². The van der Waals surface area contributed by atoms with Crippen molar-refractivity contribution in [2.24, 2.45) is 5.92 Å². The molecule has 1 aromatic rings. The summed E-state index contributed by atoms with van der Waals surface area (Å²) in [4.78, 5) is 24.3. The number of benzene rings is 1. The zero-order chi connectivity index (χ0) is 17.6. The van der Waals surface area contributed by atoms with Gasteiger partial charge in [0.25, 0.3) is 5.91 Å². The quantitative estimate of drug-likeness (QED) is 0.748. The maximum atomic E-state index is 12.5. The molecule has 1 saturated carbocycles. The molecule has 0 atom stereocenters. The Morgan fingerprint density at radius 3 is 2.62 bits per heavy atom. The molecular weight excluding hydrogens is 310 g/mol. The van der Waals surface area contributed by atoms with E-state index in [9.17, 15) is 14.7 Å². The Bertz CT molecular complexity index is 579. The Morgan fingerprint density at radius 2 is 2.00 bits per heavy atom. The molecule has 1 aliphatic carbocycles. The smallest absolute Gasteiger partial charge is 0.329 e. The van der Waals surface area contributed by atoms with E-state index < -0.39 is 11.5 Å². The third kappa shape index (κ3) is 4.47. The molecule has 2 N–H and O–H groups in total. The summed E-state index contributed by atoms with van der Waals surface area (Å²) in [6, 6.07) is 6.74. The van der Waals surface area contributed by atoms with Crippen molar-refractivity contribution in [1.29, 1.82) is 0 Å². The number of nitrogens with one attached hydrogen (secondary N) is 1. The summed E-state index contributed by atoms with van der Waals surface area (Å²) >= 11 is 0. The molecule has 1 aliphatic rings. The number of ether oxygens (including phenoxy) is 2. The van der Waals surface area contributed by atoms with Crippen LogP contribution in [0, 0.1) is 5.92 Å². The van der Waals surface area contributed by atoms with Crippen LogP contribution >= 0.6 is 0 Å². The summed E-state index contributed by atoms with van der Waals surface area (Å²) in [5, 5.41) is 12.4. The number of carbonyl (C=O) groups is 2. The molecule has 0 bridgehead atoms. The van der Waals surface area contributed by atoms with Gasteiger partial charge in [-0.1, -0.05) is 13.0 Å². The molecule has 0 aromatic heterocycles. The number of carboxylic acids is 1. The van der Waals surface area contributed by atoms with Crippen LogP contribution in [0.1, 0.15) is 43.0 Å². The summed E-state index contributed by atoms with van der Waals surface area (Å²) in [5.74, 6) is -0.298. The van der Waals surface area contributed by atoms with Crippen molar-refractivity contribution in [3.8, 4) is 5.75 Å². The summed E-state index contributed by atoms with van der Waals surface area (Å²) in [7, 11) is 1.59. The van der Waals surface area contributed by atoms with Crippen molar-refractivity contribution in [2.75, 3.05) is 20.3 Å². The van der Waals surface area contributed by atoms with Gasteiger partial charge in [-0.05, 0) is 49.8 Å². The Labute approximate surface area is 142 Å².